The lowest BCUT2D eigenvalue weighted by Crippen LogP contribution is -2.31. The van der Waals surface area contributed by atoms with Crippen LogP contribution in [0.5, 0.6) is 0 Å². The zero-order chi connectivity index (χ0) is 13.0. The van der Waals surface area contributed by atoms with Gasteiger partial charge >= 0.3 is 5.97 Å². The Bertz CT molecular complexity index is 414. The van der Waals surface area contributed by atoms with Crippen molar-refractivity contribution in [2.45, 2.75) is 19.1 Å². The van der Waals surface area contributed by atoms with E-state index in [0.717, 1.165) is 4.47 Å². The monoisotopic (exact) mass is 367 g/mol. The van der Waals surface area contributed by atoms with Crippen LogP contribution in [0.4, 0.5) is 4.39 Å². The number of hydrogen-bond acceptors (Lipinski definition) is 3. The quantitative estimate of drug-likeness (QED) is 0.830. The topological polar surface area (TPSA) is 52.3 Å². The lowest BCUT2D eigenvalue weighted by atomic mass is 10.0. The van der Waals surface area contributed by atoms with Crippen molar-refractivity contribution in [3.8, 4) is 0 Å². The first kappa shape index (κ1) is 14.6. The molecule has 0 spiro atoms. The van der Waals surface area contributed by atoms with Gasteiger partial charge in [0.15, 0.2) is 0 Å². The fourth-order valence-corrected chi connectivity index (χ4v) is 2.19. The molecule has 2 atom stereocenters. The summed E-state index contributed by atoms with van der Waals surface area (Å²) < 4.78 is 19.8. The van der Waals surface area contributed by atoms with E-state index in [1.54, 1.807) is 25.1 Å². The average Bonchev–Trinajstić information content (AvgIpc) is 2.30. The number of esters is 1. The summed E-state index contributed by atoms with van der Waals surface area (Å²) in [6, 6.07) is 4.14. The Morgan fingerprint density at radius 1 is 1.53 bits per heavy atom. The first-order chi connectivity index (χ1) is 7.97. The van der Waals surface area contributed by atoms with E-state index in [1.165, 1.54) is 0 Å². The lowest BCUT2D eigenvalue weighted by Gasteiger charge is -2.17. The van der Waals surface area contributed by atoms with E-state index in [1.807, 2.05) is 0 Å². The molecule has 1 rings (SSSR count). The molecule has 0 fully saturated rings. The van der Waals surface area contributed by atoms with Gasteiger partial charge in [-0.2, -0.15) is 0 Å². The number of alkyl halides is 1. The van der Waals surface area contributed by atoms with Crippen LogP contribution in [0, 0.1) is 0 Å². The summed E-state index contributed by atoms with van der Waals surface area (Å²) in [5.74, 6) is -0.938. The van der Waals surface area contributed by atoms with Gasteiger partial charge in [0, 0.05) is 8.95 Å². The molecular weight excluding hydrogens is 357 g/mol. The Labute approximate surface area is 116 Å². The molecule has 0 heterocycles. The number of ether oxygens (including phenoxy) is 1. The predicted octanol–water partition coefficient (Wildman–Crippen LogP) is 3.11. The Kier molecular flexibility index (Phi) is 5.55. The van der Waals surface area contributed by atoms with Crippen molar-refractivity contribution in [2.24, 2.45) is 5.73 Å². The molecule has 0 aliphatic rings. The van der Waals surface area contributed by atoms with Gasteiger partial charge in [0.2, 0.25) is 6.17 Å². The highest BCUT2D eigenvalue weighted by atomic mass is 79.9. The minimum Gasteiger partial charge on any atom is -0.464 e. The highest BCUT2D eigenvalue weighted by molar-refractivity contribution is 9.11. The largest absolute Gasteiger partial charge is 0.464 e. The van der Waals surface area contributed by atoms with E-state index in [0.29, 0.717) is 10.0 Å². The maximum atomic E-state index is 13.7. The van der Waals surface area contributed by atoms with Crippen LogP contribution < -0.4 is 5.73 Å². The number of halogens is 3. The number of hydrogen-bond donors (Lipinski definition) is 1. The van der Waals surface area contributed by atoms with E-state index in [4.69, 9.17) is 5.73 Å². The molecule has 0 saturated heterocycles. The molecule has 1 aromatic carbocycles. The van der Waals surface area contributed by atoms with Crippen LogP contribution >= 0.6 is 31.9 Å². The molecule has 0 aliphatic carbocycles. The molecule has 3 nitrogen and oxygen atoms in total. The second kappa shape index (κ2) is 6.47. The Morgan fingerprint density at radius 2 is 2.18 bits per heavy atom. The Morgan fingerprint density at radius 3 is 2.76 bits per heavy atom. The zero-order valence-corrected chi connectivity index (χ0v) is 12.3. The molecule has 0 radical (unpaired) electrons. The summed E-state index contributed by atoms with van der Waals surface area (Å²) in [6.07, 6.45) is -1.87. The van der Waals surface area contributed by atoms with E-state index < -0.39 is 18.2 Å². The van der Waals surface area contributed by atoms with Crippen molar-refractivity contribution < 1.29 is 13.9 Å². The van der Waals surface area contributed by atoms with Crippen LogP contribution in [0.1, 0.15) is 18.5 Å². The summed E-state index contributed by atoms with van der Waals surface area (Å²) in [4.78, 5) is 11.2. The molecule has 0 aromatic heterocycles. The van der Waals surface area contributed by atoms with Crippen LogP contribution in [-0.4, -0.2) is 18.7 Å². The van der Waals surface area contributed by atoms with E-state index >= 15 is 0 Å². The Hall–Kier alpha value is -0.460. The van der Waals surface area contributed by atoms with Gasteiger partial charge in [-0.05, 0) is 30.7 Å². The van der Waals surface area contributed by atoms with E-state index in [2.05, 4.69) is 36.6 Å². The van der Waals surface area contributed by atoms with Crippen LogP contribution in [0.3, 0.4) is 0 Å². The molecule has 0 bridgehead atoms. The third kappa shape index (κ3) is 3.76. The molecule has 1 unspecified atom stereocenters. The smallest absolute Gasteiger partial charge is 0.342 e. The normalized spacial score (nSPS) is 14.2. The first-order valence-electron chi connectivity index (χ1n) is 4.98. The number of nitrogens with two attached hydrogens (primary N) is 1. The summed E-state index contributed by atoms with van der Waals surface area (Å²) in [5, 5.41) is 0. The fraction of sp³-hybridized carbons (Fsp3) is 0.364. The van der Waals surface area contributed by atoms with Crippen molar-refractivity contribution in [3.05, 3.63) is 32.7 Å². The molecule has 17 heavy (non-hydrogen) atoms. The summed E-state index contributed by atoms with van der Waals surface area (Å²) in [7, 11) is 0. The van der Waals surface area contributed by atoms with Crippen molar-refractivity contribution in [1.82, 2.24) is 0 Å². The van der Waals surface area contributed by atoms with Crippen molar-refractivity contribution in [3.63, 3.8) is 0 Å². The fourth-order valence-electron chi connectivity index (χ4n) is 1.30. The highest BCUT2D eigenvalue weighted by Gasteiger charge is 2.29. The standard InChI is InChI=1S/C11H12Br2FNO2/c1-2-17-11(16)9(14)10(15)7-5-6(12)3-4-8(7)13/h3-5,9-10H,2,15H2,1H3/t9?,10-/m1/s1. The van der Waals surface area contributed by atoms with Gasteiger partial charge < -0.3 is 10.5 Å². The van der Waals surface area contributed by atoms with Crippen molar-refractivity contribution in [2.75, 3.05) is 6.61 Å². The van der Waals surface area contributed by atoms with Gasteiger partial charge in [0.1, 0.15) is 0 Å². The minimum atomic E-state index is -1.87. The van der Waals surface area contributed by atoms with E-state index in [-0.39, 0.29) is 6.61 Å². The molecule has 0 aliphatic heterocycles. The summed E-state index contributed by atoms with van der Waals surface area (Å²) in [6.45, 7) is 1.75. The molecule has 94 valence electrons. The lowest BCUT2D eigenvalue weighted by molar-refractivity contribution is -0.149. The minimum absolute atomic E-state index is 0.131. The third-order valence-electron chi connectivity index (χ3n) is 2.14. The predicted molar refractivity (Wildman–Crippen MR) is 70.3 cm³/mol. The maximum Gasteiger partial charge on any atom is 0.342 e. The molecular formula is C11H12Br2FNO2. The van der Waals surface area contributed by atoms with Gasteiger partial charge in [-0.25, -0.2) is 9.18 Å². The molecule has 2 N–H and O–H groups in total. The van der Waals surface area contributed by atoms with Gasteiger partial charge in [0.25, 0.3) is 0 Å². The molecule has 1 aromatic rings. The SMILES string of the molecule is CCOC(=O)C(F)[C@H](N)c1cc(Br)ccc1Br. The maximum absolute atomic E-state index is 13.7. The molecule has 6 heteroatoms. The van der Waals surface area contributed by atoms with E-state index in [9.17, 15) is 9.18 Å². The van der Waals surface area contributed by atoms with Gasteiger partial charge in [-0.15, -0.1) is 0 Å². The van der Waals surface area contributed by atoms with Crippen LogP contribution in [0.2, 0.25) is 0 Å². The van der Waals surface area contributed by atoms with Gasteiger partial charge in [-0.1, -0.05) is 31.9 Å². The van der Waals surface area contributed by atoms with Crippen LogP contribution in [0.15, 0.2) is 27.1 Å². The highest BCUT2D eigenvalue weighted by Crippen LogP contribution is 2.28. The first-order valence-corrected chi connectivity index (χ1v) is 6.57. The number of carbonyl (C=O) groups is 1. The Balaban J connectivity index is 2.91. The summed E-state index contributed by atoms with van der Waals surface area (Å²) in [5.41, 5.74) is 6.23. The third-order valence-corrected chi connectivity index (χ3v) is 3.36. The van der Waals surface area contributed by atoms with Gasteiger partial charge in [-0.3, -0.25) is 0 Å². The second-order valence-corrected chi connectivity index (χ2v) is 5.12. The molecule has 0 saturated carbocycles. The summed E-state index contributed by atoms with van der Waals surface area (Å²) >= 11 is 6.53. The van der Waals surface area contributed by atoms with Crippen LogP contribution in [-0.2, 0) is 9.53 Å². The zero-order valence-electron chi connectivity index (χ0n) is 9.12. The van der Waals surface area contributed by atoms with Crippen LogP contribution in [0.25, 0.3) is 0 Å². The average molecular weight is 369 g/mol. The number of benzene rings is 1. The van der Waals surface area contributed by atoms with Crippen molar-refractivity contribution >= 4 is 37.8 Å². The second-order valence-electron chi connectivity index (χ2n) is 3.35. The number of rotatable bonds is 4. The molecule has 0 amide bonds. The number of carbonyl (C=O) groups excluding carboxylic acids is 1. The van der Waals surface area contributed by atoms with Gasteiger partial charge in [0.05, 0.1) is 12.6 Å². The van der Waals surface area contributed by atoms with Crippen molar-refractivity contribution in [1.29, 1.82) is 0 Å².